The molecule has 0 radical (unpaired) electrons. The molecule has 1 unspecified atom stereocenters. The van der Waals surface area contributed by atoms with E-state index in [-0.39, 0.29) is 6.04 Å². The Bertz CT molecular complexity index is 415. The predicted octanol–water partition coefficient (Wildman–Crippen LogP) is 3.71. The maximum atomic E-state index is 5.46. The summed E-state index contributed by atoms with van der Waals surface area (Å²) in [7, 11) is 3.38. The quantitative estimate of drug-likeness (QED) is 0.725. The van der Waals surface area contributed by atoms with E-state index in [9.17, 15) is 0 Å². The van der Waals surface area contributed by atoms with Crippen molar-refractivity contribution in [1.82, 2.24) is 5.32 Å². The molecule has 19 heavy (non-hydrogen) atoms. The average Bonchev–Trinajstić information content (AvgIpc) is 2.42. The minimum absolute atomic E-state index is 0.256. The standard InChI is InChI=1S/C16H25NO2/c1-6-17-15(9-7-12(2)3)14-11-13(18-4)8-10-16(14)19-5/h8,10-11,15,17H,2,6-7,9H2,1,3-5H3. The summed E-state index contributed by atoms with van der Waals surface area (Å²) in [5.41, 5.74) is 2.34. The van der Waals surface area contributed by atoms with Gasteiger partial charge in [0.25, 0.3) is 0 Å². The summed E-state index contributed by atoms with van der Waals surface area (Å²) in [4.78, 5) is 0. The number of allylic oxidation sites excluding steroid dienone is 1. The van der Waals surface area contributed by atoms with E-state index in [4.69, 9.17) is 9.47 Å². The first-order chi connectivity index (χ1) is 9.12. The first kappa shape index (κ1) is 15.6. The first-order valence-corrected chi connectivity index (χ1v) is 6.72. The number of benzene rings is 1. The van der Waals surface area contributed by atoms with Gasteiger partial charge in [-0.1, -0.05) is 12.5 Å². The van der Waals surface area contributed by atoms with Crippen LogP contribution in [0.1, 0.15) is 38.3 Å². The van der Waals surface area contributed by atoms with Crippen molar-refractivity contribution in [3.05, 3.63) is 35.9 Å². The van der Waals surface area contributed by atoms with Crippen LogP contribution >= 0.6 is 0 Å². The molecule has 1 rings (SSSR count). The van der Waals surface area contributed by atoms with Crippen molar-refractivity contribution in [3.63, 3.8) is 0 Å². The molecule has 0 spiro atoms. The Hall–Kier alpha value is -1.48. The second-order valence-corrected chi connectivity index (χ2v) is 4.71. The van der Waals surface area contributed by atoms with Crippen molar-refractivity contribution in [3.8, 4) is 11.5 Å². The molecule has 1 atom stereocenters. The van der Waals surface area contributed by atoms with E-state index in [0.717, 1.165) is 36.4 Å². The number of rotatable bonds is 8. The number of nitrogens with one attached hydrogen (secondary N) is 1. The van der Waals surface area contributed by atoms with Gasteiger partial charge in [0.05, 0.1) is 14.2 Å². The molecule has 0 fully saturated rings. The predicted molar refractivity (Wildman–Crippen MR) is 80.0 cm³/mol. The second-order valence-electron chi connectivity index (χ2n) is 4.71. The van der Waals surface area contributed by atoms with E-state index >= 15 is 0 Å². The van der Waals surface area contributed by atoms with Gasteiger partial charge in [0, 0.05) is 11.6 Å². The molecule has 0 aromatic heterocycles. The first-order valence-electron chi connectivity index (χ1n) is 6.72. The van der Waals surface area contributed by atoms with Crippen LogP contribution in [0.15, 0.2) is 30.4 Å². The largest absolute Gasteiger partial charge is 0.497 e. The zero-order valence-electron chi connectivity index (χ0n) is 12.5. The van der Waals surface area contributed by atoms with Crippen LogP contribution in [0, 0.1) is 0 Å². The maximum absolute atomic E-state index is 5.46. The molecule has 106 valence electrons. The van der Waals surface area contributed by atoms with Gasteiger partial charge in [0.15, 0.2) is 0 Å². The minimum Gasteiger partial charge on any atom is -0.497 e. The number of hydrogen-bond donors (Lipinski definition) is 1. The summed E-state index contributed by atoms with van der Waals surface area (Å²) in [5, 5.41) is 3.50. The molecule has 0 aliphatic rings. The normalized spacial score (nSPS) is 12.0. The highest BCUT2D eigenvalue weighted by molar-refractivity contribution is 5.42. The summed E-state index contributed by atoms with van der Waals surface area (Å²) in [6, 6.07) is 6.18. The van der Waals surface area contributed by atoms with Crippen molar-refractivity contribution in [2.45, 2.75) is 32.7 Å². The summed E-state index contributed by atoms with van der Waals surface area (Å²) in [6.07, 6.45) is 2.00. The fourth-order valence-corrected chi connectivity index (χ4v) is 2.12. The van der Waals surface area contributed by atoms with Gasteiger partial charge in [0.2, 0.25) is 0 Å². The van der Waals surface area contributed by atoms with Crippen LogP contribution in [0.2, 0.25) is 0 Å². The maximum Gasteiger partial charge on any atom is 0.123 e. The fraction of sp³-hybridized carbons (Fsp3) is 0.500. The van der Waals surface area contributed by atoms with Gasteiger partial charge in [-0.15, -0.1) is 6.58 Å². The Morgan fingerprint density at radius 1 is 1.32 bits per heavy atom. The van der Waals surface area contributed by atoms with Gasteiger partial charge >= 0.3 is 0 Å². The Morgan fingerprint density at radius 3 is 2.58 bits per heavy atom. The molecule has 0 aliphatic heterocycles. The summed E-state index contributed by atoms with van der Waals surface area (Å²) in [6.45, 7) is 9.06. The third-order valence-corrected chi connectivity index (χ3v) is 3.12. The van der Waals surface area contributed by atoms with E-state index in [1.54, 1.807) is 14.2 Å². The van der Waals surface area contributed by atoms with Gasteiger partial charge in [0.1, 0.15) is 11.5 Å². The molecule has 0 amide bonds. The van der Waals surface area contributed by atoms with Crippen molar-refractivity contribution < 1.29 is 9.47 Å². The van der Waals surface area contributed by atoms with E-state index in [0.29, 0.717) is 0 Å². The second kappa shape index (κ2) is 7.85. The van der Waals surface area contributed by atoms with Crippen LogP contribution in [0.25, 0.3) is 0 Å². The summed E-state index contributed by atoms with van der Waals surface area (Å²) in [5.74, 6) is 1.75. The topological polar surface area (TPSA) is 30.5 Å². The van der Waals surface area contributed by atoms with Gasteiger partial charge < -0.3 is 14.8 Å². The lowest BCUT2D eigenvalue weighted by molar-refractivity contribution is 0.387. The van der Waals surface area contributed by atoms with E-state index in [2.05, 4.69) is 25.7 Å². The fourth-order valence-electron chi connectivity index (χ4n) is 2.12. The molecule has 3 nitrogen and oxygen atoms in total. The average molecular weight is 263 g/mol. The molecule has 0 saturated heterocycles. The zero-order chi connectivity index (χ0) is 14.3. The lowest BCUT2D eigenvalue weighted by atomic mass is 9.98. The highest BCUT2D eigenvalue weighted by atomic mass is 16.5. The smallest absolute Gasteiger partial charge is 0.123 e. The number of hydrogen-bond acceptors (Lipinski definition) is 3. The lowest BCUT2D eigenvalue weighted by Crippen LogP contribution is -2.21. The highest BCUT2D eigenvalue weighted by Gasteiger charge is 2.16. The van der Waals surface area contributed by atoms with Gasteiger partial charge in [-0.3, -0.25) is 0 Å². The van der Waals surface area contributed by atoms with Crippen molar-refractivity contribution in [1.29, 1.82) is 0 Å². The van der Waals surface area contributed by atoms with Crippen LogP contribution in [0.4, 0.5) is 0 Å². The molecular weight excluding hydrogens is 238 g/mol. The molecule has 0 heterocycles. The monoisotopic (exact) mass is 263 g/mol. The van der Waals surface area contributed by atoms with E-state index < -0.39 is 0 Å². The van der Waals surface area contributed by atoms with Crippen molar-refractivity contribution >= 4 is 0 Å². The Balaban J connectivity index is 3.00. The van der Waals surface area contributed by atoms with Crippen LogP contribution in [0.3, 0.4) is 0 Å². The van der Waals surface area contributed by atoms with Crippen LogP contribution in [0.5, 0.6) is 11.5 Å². The molecule has 0 bridgehead atoms. The molecular formula is C16H25NO2. The molecule has 0 saturated carbocycles. The van der Waals surface area contributed by atoms with Crippen molar-refractivity contribution in [2.24, 2.45) is 0 Å². The Labute approximate surface area is 116 Å². The Morgan fingerprint density at radius 2 is 2.05 bits per heavy atom. The van der Waals surface area contributed by atoms with Gasteiger partial charge in [-0.25, -0.2) is 0 Å². The lowest BCUT2D eigenvalue weighted by Gasteiger charge is -2.21. The SMILES string of the molecule is C=C(C)CCC(NCC)c1cc(OC)ccc1OC. The van der Waals surface area contributed by atoms with Gasteiger partial charge in [-0.05, 0) is 44.5 Å². The zero-order valence-corrected chi connectivity index (χ0v) is 12.5. The molecule has 0 aliphatic carbocycles. The summed E-state index contributed by atoms with van der Waals surface area (Å²) >= 11 is 0. The van der Waals surface area contributed by atoms with Crippen molar-refractivity contribution in [2.75, 3.05) is 20.8 Å². The summed E-state index contributed by atoms with van der Waals surface area (Å²) < 4.78 is 10.8. The van der Waals surface area contributed by atoms with Gasteiger partial charge in [-0.2, -0.15) is 0 Å². The van der Waals surface area contributed by atoms with Crippen LogP contribution < -0.4 is 14.8 Å². The van der Waals surface area contributed by atoms with E-state index in [1.807, 2.05) is 18.2 Å². The number of methoxy groups -OCH3 is 2. The Kier molecular flexibility index (Phi) is 6.43. The van der Waals surface area contributed by atoms with Crippen LogP contribution in [-0.2, 0) is 0 Å². The third-order valence-electron chi connectivity index (χ3n) is 3.12. The number of ether oxygens (including phenoxy) is 2. The molecule has 3 heteroatoms. The third kappa shape index (κ3) is 4.60. The molecule has 1 aromatic carbocycles. The van der Waals surface area contributed by atoms with E-state index in [1.165, 1.54) is 5.57 Å². The molecule has 1 N–H and O–H groups in total. The van der Waals surface area contributed by atoms with Crippen LogP contribution in [-0.4, -0.2) is 20.8 Å². The highest BCUT2D eigenvalue weighted by Crippen LogP contribution is 2.32. The molecule has 1 aromatic rings. The minimum atomic E-state index is 0.256.